The predicted octanol–water partition coefficient (Wildman–Crippen LogP) is 1.34. The summed E-state index contributed by atoms with van der Waals surface area (Å²) in [5, 5.41) is 34.1. The van der Waals surface area contributed by atoms with Gasteiger partial charge < -0.3 is 35.0 Å². The molecule has 2 unspecified atom stereocenters. The first-order chi connectivity index (χ1) is 15.8. The molecule has 2 heterocycles. The molecule has 0 aromatic heterocycles. The number of nitrogens with zero attached hydrogens (tertiary/aromatic N) is 1. The third kappa shape index (κ3) is 6.10. The van der Waals surface area contributed by atoms with Gasteiger partial charge in [0.25, 0.3) is 5.91 Å². The van der Waals surface area contributed by atoms with Crippen LogP contribution in [0.5, 0.6) is 0 Å². The molecule has 0 radical (unpaired) electrons. The van der Waals surface area contributed by atoms with E-state index in [2.05, 4.69) is 12.2 Å². The van der Waals surface area contributed by atoms with E-state index >= 15 is 0 Å². The molecule has 0 bridgehead atoms. The molecule has 9 heteroatoms. The molecule has 1 aromatic carbocycles. The lowest BCUT2D eigenvalue weighted by Gasteiger charge is -2.42. The van der Waals surface area contributed by atoms with Crippen LogP contribution in [0.15, 0.2) is 24.3 Å². The average molecular weight is 465 g/mol. The fourth-order valence-electron chi connectivity index (χ4n) is 4.32. The third-order valence-corrected chi connectivity index (χ3v) is 6.25. The van der Waals surface area contributed by atoms with Gasteiger partial charge in [-0.25, -0.2) is 0 Å². The van der Waals surface area contributed by atoms with Gasteiger partial charge in [0.1, 0.15) is 30.5 Å². The summed E-state index contributed by atoms with van der Waals surface area (Å²) in [6.45, 7) is 3.97. The van der Waals surface area contributed by atoms with Crippen molar-refractivity contribution >= 4 is 17.5 Å². The zero-order valence-corrected chi connectivity index (χ0v) is 19.4. The fourth-order valence-corrected chi connectivity index (χ4v) is 4.32. The summed E-state index contributed by atoms with van der Waals surface area (Å²) in [4.78, 5) is 26.9. The summed E-state index contributed by atoms with van der Waals surface area (Å²) in [6, 6.07) is 5.91. The molecule has 2 aliphatic heterocycles. The molecule has 184 valence electrons. The van der Waals surface area contributed by atoms with Gasteiger partial charge in [-0.2, -0.15) is 0 Å². The molecular formula is C24H36N2O7. The number of rotatable bonds is 10. The van der Waals surface area contributed by atoms with E-state index in [1.165, 1.54) is 24.2 Å². The predicted molar refractivity (Wildman–Crippen MR) is 122 cm³/mol. The Morgan fingerprint density at radius 3 is 2.48 bits per heavy atom. The molecule has 4 N–H and O–H groups in total. The smallest absolute Gasteiger partial charge is 0.254 e. The number of amides is 2. The number of unbranched alkanes of at least 4 members (excludes halogenated alkanes) is 5. The number of benzene rings is 1. The van der Waals surface area contributed by atoms with Gasteiger partial charge in [-0.1, -0.05) is 51.2 Å². The van der Waals surface area contributed by atoms with Crippen molar-refractivity contribution in [3.05, 3.63) is 29.8 Å². The fraction of sp³-hybridized carbons (Fsp3) is 0.667. The van der Waals surface area contributed by atoms with E-state index in [0.29, 0.717) is 17.9 Å². The zero-order chi connectivity index (χ0) is 24.0. The monoisotopic (exact) mass is 464 g/mol. The molecule has 3 rings (SSSR count). The Labute approximate surface area is 194 Å². The number of carbonyl (C=O) groups excluding carboxylic acids is 2. The van der Waals surface area contributed by atoms with Crippen LogP contribution in [0.25, 0.3) is 0 Å². The van der Waals surface area contributed by atoms with E-state index in [1.807, 2.05) is 0 Å². The molecule has 1 saturated heterocycles. The van der Waals surface area contributed by atoms with Gasteiger partial charge in [0.15, 0.2) is 6.29 Å². The Morgan fingerprint density at radius 1 is 1.03 bits per heavy atom. The van der Waals surface area contributed by atoms with Crippen LogP contribution in [-0.4, -0.2) is 77.0 Å². The summed E-state index contributed by atoms with van der Waals surface area (Å²) in [5.74, 6) is -0.732. The molecule has 1 fully saturated rings. The van der Waals surface area contributed by atoms with Crippen molar-refractivity contribution in [2.45, 2.75) is 89.1 Å². The third-order valence-electron chi connectivity index (χ3n) is 6.25. The van der Waals surface area contributed by atoms with Crippen molar-refractivity contribution in [3.8, 4) is 0 Å². The molecule has 6 atom stereocenters. The normalized spacial score (nSPS) is 30.0. The highest BCUT2D eigenvalue weighted by atomic mass is 16.6. The second-order valence-electron chi connectivity index (χ2n) is 8.81. The van der Waals surface area contributed by atoms with Crippen molar-refractivity contribution in [2.75, 3.05) is 18.1 Å². The van der Waals surface area contributed by atoms with Gasteiger partial charge in [-0.05, 0) is 25.5 Å². The molecule has 2 amide bonds. The van der Waals surface area contributed by atoms with Crippen LogP contribution >= 0.6 is 0 Å². The van der Waals surface area contributed by atoms with Crippen molar-refractivity contribution in [1.82, 2.24) is 5.32 Å². The minimum Gasteiger partial charge on any atom is -0.388 e. The number of carbonyl (C=O) groups is 2. The van der Waals surface area contributed by atoms with E-state index < -0.39 is 36.7 Å². The first kappa shape index (κ1) is 25.6. The summed E-state index contributed by atoms with van der Waals surface area (Å²) < 4.78 is 11.2. The molecule has 2 aliphatic rings. The highest BCUT2D eigenvalue weighted by Crippen LogP contribution is 2.28. The van der Waals surface area contributed by atoms with Crippen LogP contribution in [-0.2, 0) is 14.3 Å². The van der Waals surface area contributed by atoms with Crippen LogP contribution in [0.3, 0.4) is 0 Å². The van der Waals surface area contributed by atoms with Gasteiger partial charge in [-0.15, -0.1) is 0 Å². The Balaban J connectivity index is 1.68. The van der Waals surface area contributed by atoms with Gasteiger partial charge in [-0.3, -0.25) is 9.59 Å². The Kier molecular flexibility index (Phi) is 9.22. The Bertz CT molecular complexity index is 805. The first-order valence-corrected chi connectivity index (χ1v) is 11.9. The average Bonchev–Trinajstić information content (AvgIpc) is 2.89. The highest BCUT2D eigenvalue weighted by molar-refractivity contribution is 6.10. The molecule has 0 saturated carbocycles. The van der Waals surface area contributed by atoms with Gasteiger partial charge in [0, 0.05) is 6.61 Å². The summed E-state index contributed by atoms with van der Waals surface area (Å²) in [5.41, 5.74) is 0.724. The molecule has 0 aliphatic carbocycles. The van der Waals surface area contributed by atoms with E-state index in [1.54, 1.807) is 31.2 Å². The van der Waals surface area contributed by atoms with Crippen molar-refractivity contribution in [2.24, 2.45) is 0 Å². The van der Waals surface area contributed by atoms with Crippen LogP contribution in [0.1, 0.15) is 62.7 Å². The van der Waals surface area contributed by atoms with Crippen molar-refractivity contribution in [3.63, 3.8) is 0 Å². The molecule has 1 aromatic rings. The number of aliphatic hydroxyl groups excluding tert-OH is 3. The van der Waals surface area contributed by atoms with Crippen LogP contribution in [0, 0.1) is 0 Å². The van der Waals surface area contributed by atoms with Crippen molar-refractivity contribution in [1.29, 1.82) is 0 Å². The Hall–Kier alpha value is -2.04. The highest BCUT2D eigenvalue weighted by Gasteiger charge is 2.46. The molecule has 0 spiro atoms. The van der Waals surface area contributed by atoms with Crippen LogP contribution in [0.2, 0.25) is 0 Å². The number of fused-ring (bicyclic) bond motifs is 1. The minimum atomic E-state index is -1.57. The van der Waals surface area contributed by atoms with Crippen LogP contribution < -0.4 is 10.2 Å². The summed E-state index contributed by atoms with van der Waals surface area (Å²) in [6.07, 6.45) is 0.0825. The van der Waals surface area contributed by atoms with Crippen molar-refractivity contribution < 1.29 is 34.4 Å². The summed E-state index contributed by atoms with van der Waals surface area (Å²) in [7, 11) is 0. The van der Waals surface area contributed by atoms with E-state index in [-0.39, 0.29) is 18.4 Å². The second kappa shape index (κ2) is 11.9. The quantitative estimate of drug-likeness (QED) is 0.385. The Morgan fingerprint density at radius 2 is 1.73 bits per heavy atom. The first-order valence-electron chi connectivity index (χ1n) is 11.9. The number of hydrogen-bond acceptors (Lipinski definition) is 7. The molecule has 9 nitrogen and oxygen atoms in total. The lowest BCUT2D eigenvalue weighted by atomic mass is 9.97. The van der Waals surface area contributed by atoms with E-state index in [9.17, 15) is 24.9 Å². The lowest BCUT2D eigenvalue weighted by molar-refractivity contribution is -0.287. The number of para-hydroxylation sites is 1. The van der Waals surface area contributed by atoms with Gasteiger partial charge in [0.05, 0.1) is 17.8 Å². The summed E-state index contributed by atoms with van der Waals surface area (Å²) >= 11 is 0. The number of hydrogen-bond donors (Lipinski definition) is 4. The van der Waals surface area contributed by atoms with Gasteiger partial charge >= 0.3 is 0 Å². The number of anilines is 1. The number of ether oxygens (including phenoxy) is 2. The SMILES string of the molecule is CCCCCCCCO[C@H]1[C@H](O)[C@@H](CN2C(=O)C(C)NC(=O)c3ccccc32)OC(O)[C@@H]1O. The topological polar surface area (TPSA) is 129 Å². The lowest BCUT2D eigenvalue weighted by Crippen LogP contribution is -2.61. The largest absolute Gasteiger partial charge is 0.388 e. The van der Waals surface area contributed by atoms with E-state index in [4.69, 9.17) is 9.47 Å². The standard InChI is InChI=1S/C24H36N2O7/c1-3-4-5-6-7-10-13-32-21-19(27)18(33-24(31)20(21)28)14-26-17-12-9-8-11-16(17)22(29)25-15(2)23(26)30/h8-9,11-12,15,18-21,24,27-28,31H,3-7,10,13-14H2,1-2H3,(H,25,29)/t15?,18-,19-,20-,21+,24?/m1/s1. The second-order valence-corrected chi connectivity index (χ2v) is 8.81. The molecular weight excluding hydrogens is 428 g/mol. The maximum Gasteiger partial charge on any atom is 0.254 e. The van der Waals surface area contributed by atoms with Crippen LogP contribution in [0.4, 0.5) is 5.69 Å². The zero-order valence-electron chi connectivity index (χ0n) is 19.4. The van der Waals surface area contributed by atoms with Gasteiger partial charge in [0.2, 0.25) is 5.91 Å². The minimum absolute atomic E-state index is 0.114. The van der Waals surface area contributed by atoms with E-state index in [0.717, 1.165) is 19.3 Å². The molecule has 33 heavy (non-hydrogen) atoms. The number of nitrogens with one attached hydrogen (secondary N) is 1. The maximum absolute atomic E-state index is 13.0. The number of aliphatic hydroxyl groups is 3. The maximum atomic E-state index is 13.0.